The molecular formula is C20H31N3O4S. The lowest BCUT2D eigenvalue weighted by atomic mass is 10.1. The van der Waals surface area contributed by atoms with Gasteiger partial charge in [0.15, 0.2) is 0 Å². The maximum absolute atomic E-state index is 12.7. The number of carbonyl (C=O) groups excluding carboxylic acids is 1. The summed E-state index contributed by atoms with van der Waals surface area (Å²) in [6, 6.07) is 6.18. The third-order valence-corrected chi connectivity index (χ3v) is 7.36. The summed E-state index contributed by atoms with van der Waals surface area (Å²) in [5.74, 6) is -0.104. The van der Waals surface area contributed by atoms with E-state index in [9.17, 15) is 13.2 Å². The Labute approximate surface area is 168 Å². The Balaban J connectivity index is 1.62. The molecule has 3 rings (SSSR count). The molecule has 1 aromatic carbocycles. The first-order valence-electron chi connectivity index (χ1n) is 10.1. The summed E-state index contributed by atoms with van der Waals surface area (Å²) >= 11 is 0. The molecule has 2 fully saturated rings. The van der Waals surface area contributed by atoms with Gasteiger partial charge in [0.1, 0.15) is 0 Å². The van der Waals surface area contributed by atoms with E-state index in [0.29, 0.717) is 31.9 Å². The number of benzene rings is 1. The Morgan fingerprint density at radius 1 is 1.07 bits per heavy atom. The number of morpholine rings is 1. The molecule has 0 aromatic heterocycles. The Morgan fingerprint density at radius 2 is 1.64 bits per heavy atom. The average molecular weight is 410 g/mol. The molecule has 2 aliphatic heterocycles. The number of carbonyl (C=O) groups is 1. The highest BCUT2D eigenvalue weighted by atomic mass is 32.2. The number of anilines is 1. The molecule has 3 atom stereocenters. The van der Waals surface area contributed by atoms with Gasteiger partial charge in [-0.05, 0) is 57.9 Å². The molecule has 8 heteroatoms. The van der Waals surface area contributed by atoms with Gasteiger partial charge in [-0.15, -0.1) is 0 Å². The molecule has 1 N–H and O–H groups in total. The van der Waals surface area contributed by atoms with Gasteiger partial charge in [0.25, 0.3) is 0 Å². The highest BCUT2D eigenvalue weighted by Crippen LogP contribution is 2.22. The Kier molecular flexibility index (Phi) is 6.75. The van der Waals surface area contributed by atoms with E-state index >= 15 is 0 Å². The highest BCUT2D eigenvalue weighted by Gasteiger charge is 2.29. The van der Waals surface area contributed by atoms with Crippen LogP contribution in [0.4, 0.5) is 5.69 Å². The van der Waals surface area contributed by atoms with E-state index < -0.39 is 10.0 Å². The van der Waals surface area contributed by atoms with Crippen molar-refractivity contribution in [2.45, 2.75) is 63.2 Å². The third kappa shape index (κ3) is 4.92. The number of piperidine rings is 1. The largest absolute Gasteiger partial charge is 0.373 e. The van der Waals surface area contributed by atoms with Gasteiger partial charge < -0.3 is 10.1 Å². The molecule has 28 heavy (non-hydrogen) atoms. The molecule has 0 spiro atoms. The van der Waals surface area contributed by atoms with Crippen LogP contribution in [0.2, 0.25) is 0 Å². The van der Waals surface area contributed by atoms with Crippen molar-refractivity contribution >= 4 is 21.6 Å². The van der Waals surface area contributed by atoms with E-state index in [1.54, 1.807) is 28.6 Å². The van der Waals surface area contributed by atoms with Crippen molar-refractivity contribution < 1.29 is 17.9 Å². The first-order valence-corrected chi connectivity index (χ1v) is 11.5. The zero-order valence-corrected chi connectivity index (χ0v) is 17.7. The topological polar surface area (TPSA) is 79.0 Å². The quantitative estimate of drug-likeness (QED) is 0.807. The van der Waals surface area contributed by atoms with E-state index in [4.69, 9.17) is 4.74 Å². The van der Waals surface area contributed by atoms with Crippen molar-refractivity contribution in [3.8, 4) is 0 Å². The van der Waals surface area contributed by atoms with E-state index in [-0.39, 0.29) is 29.1 Å². The molecule has 0 bridgehead atoms. The molecule has 156 valence electrons. The van der Waals surface area contributed by atoms with Gasteiger partial charge in [-0.25, -0.2) is 8.42 Å². The first-order chi connectivity index (χ1) is 13.3. The fraction of sp³-hybridized carbons (Fsp3) is 0.650. The van der Waals surface area contributed by atoms with Gasteiger partial charge in [-0.2, -0.15) is 4.31 Å². The molecule has 7 nitrogen and oxygen atoms in total. The van der Waals surface area contributed by atoms with Crippen LogP contribution in [0, 0.1) is 0 Å². The van der Waals surface area contributed by atoms with Crippen LogP contribution in [0.25, 0.3) is 0 Å². The van der Waals surface area contributed by atoms with Crippen molar-refractivity contribution in [3.63, 3.8) is 0 Å². The minimum atomic E-state index is -3.45. The van der Waals surface area contributed by atoms with E-state index in [0.717, 1.165) is 19.3 Å². The zero-order chi connectivity index (χ0) is 20.3. The molecular weight excluding hydrogens is 378 g/mol. The smallest absolute Gasteiger partial charge is 0.243 e. The highest BCUT2D eigenvalue weighted by molar-refractivity contribution is 7.89. The molecule has 0 aliphatic carbocycles. The van der Waals surface area contributed by atoms with Crippen LogP contribution in [0.3, 0.4) is 0 Å². The van der Waals surface area contributed by atoms with Crippen LogP contribution < -0.4 is 5.32 Å². The fourth-order valence-electron chi connectivity index (χ4n) is 3.91. The molecule has 2 heterocycles. The monoisotopic (exact) mass is 409 g/mol. The zero-order valence-electron chi connectivity index (χ0n) is 16.9. The number of hydrogen-bond acceptors (Lipinski definition) is 5. The van der Waals surface area contributed by atoms with Crippen LogP contribution in [-0.2, 0) is 19.6 Å². The van der Waals surface area contributed by atoms with E-state index in [1.165, 1.54) is 0 Å². The molecule has 2 aliphatic rings. The van der Waals surface area contributed by atoms with Gasteiger partial charge in [0, 0.05) is 31.9 Å². The Bertz CT molecular complexity index is 765. The summed E-state index contributed by atoms with van der Waals surface area (Å²) < 4.78 is 32.7. The minimum absolute atomic E-state index is 0.0956. The summed E-state index contributed by atoms with van der Waals surface area (Å²) in [5, 5.41) is 2.90. The maximum atomic E-state index is 12.7. The summed E-state index contributed by atoms with van der Waals surface area (Å²) in [4.78, 5) is 15.0. The predicted octanol–water partition coefficient (Wildman–Crippen LogP) is 2.30. The van der Waals surface area contributed by atoms with Crippen molar-refractivity contribution in [2.75, 3.05) is 31.5 Å². The van der Waals surface area contributed by atoms with E-state index in [2.05, 4.69) is 10.2 Å². The second-order valence-corrected chi connectivity index (χ2v) is 9.80. The number of sulfonamides is 1. The lowest BCUT2D eigenvalue weighted by molar-refractivity contribution is -0.126. The SMILES string of the molecule is CC1CN(C(C)C(=O)Nc2ccc(S(=O)(=O)N3CCCCC3)cc2)CC(C)O1. The van der Waals surface area contributed by atoms with Crippen molar-refractivity contribution in [2.24, 2.45) is 0 Å². The number of ether oxygens (including phenoxy) is 1. The Morgan fingerprint density at radius 3 is 2.21 bits per heavy atom. The van der Waals surface area contributed by atoms with Gasteiger partial charge in [-0.1, -0.05) is 6.42 Å². The molecule has 3 unspecified atom stereocenters. The molecule has 0 saturated carbocycles. The summed E-state index contributed by atoms with van der Waals surface area (Å²) in [6.07, 6.45) is 3.08. The lowest BCUT2D eigenvalue weighted by Gasteiger charge is -2.38. The molecule has 1 amide bonds. The van der Waals surface area contributed by atoms with Gasteiger partial charge in [-0.3, -0.25) is 9.69 Å². The number of rotatable bonds is 5. The Hall–Kier alpha value is -1.48. The fourth-order valence-corrected chi connectivity index (χ4v) is 5.43. The number of hydrogen-bond donors (Lipinski definition) is 1. The number of amides is 1. The third-order valence-electron chi connectivity index (χ3n) is 5.45. The van der Waals surface area contributed by atoms with Crippen LogP contribution in [0.5, 0.6) is 0 Å². The molecule has 2 saturated heterocycles. The normalized spacial score (nSPS) is 26.0. The minimum Gasteiger partial charge on any atom is -0.373 e. The first kappa shape index (κ1) is 21.2. The van der Waals surface area contributed by atoms with Crippen molar-refractivity contribution in [1.82, 2.24) is 9.21 Å². The molecule has 1 aromatic rings. The van der Waals surface area contributed by atoms with Gasteiger partial charge in [0.05, 0.1) is 23.1 Å². The number of nitrogens with zero attached hydrogens (tertiary/aromatic N) is 2. The van der Waals surface area contributed by atoms with Crippen LogP contribution in [0.15, 0.2) is 29.2 Å². The summed E-state index contributed by atoms with van der Waals surface area (Å²) in [5.41, 5.74) is 0.601. The second-order valence-electron chi connectivity index (χ2n) is 7.87. The summed E-state index contributed by atoms with van der Waals surface area (Å²) in [6.45, 7) is 8.49. The van der Waals surface area contributed by atoms with Crippen LogP contribution in [-0.4, -0.2) is 68.0 Å². The predicted molar refractivity (Wildman–Crippen MR) is 109 cm³/mol. The standard InChI is InChI=1S/C20H31N3O4S/c1-15-13-22(14-16(2)27-15)17(3)20(24)21-18-7-9-19(10-8-18)28(25,26)23-11-5-4-6-12-23/h7-10,15-17H,4-6,11-14H2,1-3H3,(H,21,24). The van der Waals surface area contributed by atoms with Crippen LogP contribution in [0.1, 0.15) is 40.0 Å². The van der Waals surface area contributed by atoms with Gasteiger partial charge >= 0.3 is 0 Å². The van der Waals surface area contributed by atoms with Crippen molar-refractivity contribution in [1.29, 1.82) is 0 Å². The van der Waals surface area contributed by atoms with Gasteiger partial charge in [0.2, 0.25) is 15.9 Å². The lowest BCUT2D eigenvalue weighted by Crippen LogP contribution is -2.52. The van der Waals surface area contributed by atoms with Crippen LogP contribution >= 0.6 is 0 Å². The second kappa shape index (κ2) is 8.90. The average Bonchev–Trinajstić information content (AvgIpc) is 2.67. The van der Waals surface area contributed by atoms with E-state index in [1.807, 2.05) is 20.8 Å². The number of nitrogens with one attached hydrogen (secondary N) is 1. The van der Waals surface area contributed by atoms with Crippen molar-refractivity contribution in [3.05, 3.63) is 24.3 Å². The molecule has 0 radical (unpaired) electrons. The maximum Gasteiger partial charge on any atom is 0.243 e. The summed E-state index contributed by atoms with van der Waals surface area (Å²) in [7, 11) is -3.45.